The molecule has 3 aromatic rings. The molecule has 4 rings (SSSR count). The fraction of sp³-hybridized carbons (Fsp3) is 0.400. The molecule has 1 fully saturated rings. The Bertz CT molecular complexity index is 973. The van der Waals surface area contributed by atoms with E-state index >= 15 is 0 Å². The normalized spacial score (nSPS) is 15.6. The number of pyridine rings is 1. The van der Waals surface area contributed by atoms with Crippen molar-refractivity contribution in [3.8, 4) is 6.07 Å². The molecule has 0 unspecified atom stereocenters. The Morgan fingerprint density at radius 1 is 1.36 bits per heavy atom. The summed E-state index contributed by atoms with van der Waals surface area (Å²) in [6.45, 7) is 2.87. The molecule has 25 heavy (non-hydrogen) atoms. The summed E-state index contributed by atoms with van der Waals surface area (Å²) in [6, 6.07) is 13.0. The summed E-state index contributed by atoms with van der Waals surface area (Å²) >= 11 is 0. The van der Waals surface area contributed by atoms with Gasteiger partial charge in [0, 0.05) is 12.6 Å². The van der Waals surface area contributed by atoms with Crippen molar-refractivity contribution in [2.45, 2.75) is 25.8 Å². The SMILES string of the molecule is Cc1cc(NC[C@H](C2CC2)N(C)C)n2c(nc3ccccc32)c1C#N. The molecule has 0 amide bonds. The minimum Gasteiger partial charge on any atom is -0.370 e. The van der Waals surface area contributed by atoms with Crippen molar-refractivity contribution in [1.82, 2.24) is 14.3 Å². The maximum Gasteiger partial charge on any atom is 0.157 e. The first kappa shape index (κ1) is 15.9. The van der Waals surface area contributed by atoms with Crippen LogP contribution in [0, 0.1) is 24.2 Å². The van der Waals surface area contributed by atoms with Crippen molar-refractivity contribution < 1.29 is 0 Å². The molecule has 128 valence electrons. The number of nitrogens with zero attached hydrogens (tertiary/aromatic N) is 4. The molecule has 1 atom stereocenters. The molecule has 1 N–H and O–H groups in total. The third-order valence-corrected chi connectivity index (χ3v) is 5.21. The van der Waals surface area contributed by atoms with Crippen LogP contribution >= 0.6 is 0 Å². The predicted molar refractivity (Wildman–Crippen MR) is 101 cm³/mol. The van der Waals surface area contributed by atoms with Crippen molar-refractivity contribution in [3.05, 3.63) is 41.5 Å². The van der Waals surface area contributed by atoms with Gasteiger partial charge in [-0.15, -0.1) is 0 Å². The molecule has 5 nitrogen and oxygen atoms in total. The largest absolute Gasteiger partial charge is 0.370 e. The minimum atomic E-state index is 0.529. The van der Waals surface area contributed by atoms with Crippen molar-refractivity contribution in [1.29, 1.82) is 5.26 Å². The molecule has 1 aromatic carbocycles. The summed E-state index contributed by atoms with van der Waals surface area (Å²) in [5.41, 5.74) is 4.29. The smallest absolute Gasteiger partial charge is 0.157 e. The first-order valence-electron chi connectivity index (χ1n) is 8.81. The molecule has 1 aliphatic rings. The second-order valence-corrected chi connectivity index (χ2v) is 7.21. The second-order valence-electron chi connectivity index (χ2n) is 7.21. The van der Waals surface area contributed by atoms with Gasteiger partial charge in [-0.1, -0.05) is 12.1 Å². The van der Waals surface area contributed by atoms with Crippen LogP contribution in [0.1, 0.15) is 24.0 Å². The van der Waals surface area contributed by atoms with Crippen LogP contribution in [0.25, 0.3) is 16.7 Å². The highest BCUT2D eigenvalue weighted by Crippen LogP contribution is 2.35. The molecule has 2 heterocycles. The maximum absolute atomic E-state index is 9.57. The first-order chi connectivity index (χ1) is 12.1. The molecule has 0 spiro atoms. The number of nitrogens with one attached hydrogen (secondary N) is 1. The monoisotopic (exact) mass is 333 g/mol. The number of aryl methyl sites for hydroxylation is 1. The fourth-order valence-electron chi connectivity index (χ4n) is 3.68. The molecular weight excluding hydrogens is 310 g/mol. The highest BCUT2D eigenvalue weighted by Gasteiger charge is 2.32. The number of benzene rings is 1. The lowest BCUT2D eigenvalue weighted by Crippen LogP contribution is -2.36. The number of hydrogen-bond donors (Lipinski definition) is 1. The Balaban J connectivity index is 1.81. The molecular formula is C20H23N5. The average molecular weight is 333 g/mol. The summed E-state index contributed by atoms with van der Waals surface area (Å²) < 4.78 is 2.08. The zero-order valence-corrected chi connectivity index (χ0v) is 15.0. The van der Waals surface area contributed by atoms with Crippen LogP contribution < -0.4 is 5.32 Å². The summed E-state index contributed by atoms with van der Waals surface area (Å²) in [5, 5.41) is 13.2. The number of para-hydroxylation sites is 2. The summed E-state index contributed by atoms with van der Waals surface area (Å²) in [5.74, 6) is 1.80. The van der Waals surface area contributed by atoms with Gasteiger partial charge in [0.2, 0.25) is 0 Å². The molecule has 0 aliphatic heterocycles. The molecule has 1 aliphatic carbocycles. The molecule has 0 radical (unpaired) electrons. The van der Waals surface area contributed by atoms with Gasteiger partial charge >= 0.3 is 0 Å². The lowest BCUT2D eigenvalue weighted by Gasteiger charge is -2.25. The Morgan fingerprint density at radius 3 is 2.80 bits per heavy atom. The number of nitriles is 1. The van der Waals surface area contributed by atoms with E-state index in [0.717, 1.165) is 40.5 Å². The number of anilines is 1. The second kappa shape index (κ2) is 6.05. The molecule has 5 heteroatoms. The van der Waals surface area contributed by atoms with Crippen molar-refractivity contribution >= 4 is 22.5 Å². The third kappa shape index (κ3) is 2.73. The lowest BCUT2D eigenvalue weighted by molar-refractivity contribution is 0.276. The molecule has 2 aromatic heterocycles. The zero-order chi connectivity index (χ0) is 17.6. The first-order valence-corrected chi connectivity index (χ1v) is 8.81. The van der Waals surface area contributed by atoms with Crippen molar-refractivity contribution in [2.75, 3.05) is 26.0 Å². The highest BCUT2D eigenvalue weighted by molar-refractivity contribution is 5.85. The van der Waals surface area contributed by atoms with Crippen LogP contribution in [0.5, 0.6) is 0 Å². The zero-order valence-electron chi connectivity index (χ0n) is 15.0. The van der Waals surface area contributed by atoms with E-state index in [1.165, 1.54) is 12.8 Å². The number of imidazole rings is 1. The van der Waals surface area contributed by atoms with Crippen LogP contribution in [-0.4, -0.2) is 41.0 Å². The Labute approximate surface area is 147 Å². The fourth-order valence-corrected chi connectivity index (χ4v) is 3.68. The number of likely N-dealkylation sites (N-methyl/N-ethyl adjacent to an activating group) is 1. The van der Waals surface area contributed by atoms with Gasteiger partial charge in [-0.2, -0.15) is 5.26 Å². The van der Waals surface area contributed by atoms with E-state index in [0.29, 0.717) is 11.6 Å². The van der Waals surface area contributed by atoms with E-state index in [-0.39, 0.29) is 0 Å². The molecule has 0 saturated heterocycles. The minimum absolute atomic E-state index is 0.529. The molecule has 1 saturated carbocycles. The summed E-state index contributed by atoms with van der Waals surface area (Å²) in [6.07, 6.45) is 2.64. The number of fused-ring (bicyclic) bond motifs is 3. The summed E-state index contributed by atoms with van der Waals surface area (Å²) in [4.78, 5) is 7.02. The lowest BCUT2D eigenvalue weighted by atomic mass is 10.1. The van der Waals surface area contributed by atoms with E-state index in [1.54, 1.807) is 0 Å². The van der Waals surface area contributed by atoms with Gasteiger partial charge in [0.1, 0.15) is 11.9 Å². The number of aromatic nitrogens is 2. The van der Waals surface area contributed by atoms with Crippen LogP contribution in [0.2, 0.25) is 0 Å². The Morgan fingerprint density at radius 2 is 2.12 bits per heavy atom. The quantitative estimate of drug-likeness (QED) is 0.777. The van der Waals surface area contributed by atoms with Crippen LogP contribution in [-0.2, 0) is 0 Å². The van der Waals surface area contributed by atoms with E-state index in [9.17, 15) is 5.26 Å². The molecule has 0 bridgehead atoms. The van der Waals surface area contributed by atoms with Gasteiger partial charge in [-0.3, -0.25) is 4.40 Å². The van der Waals surface area contributed by atoms with Gasteiger partial charge in [0.15, 0.2) is 5.65 Å². The van der Waals surface area contributed by atoms with E-state index < -0.39 is 0 Å². The topological polar surface area (TPSA) is 56.4 Å². The summed E-state index contributed by atoms with van der Waals surface area (Å²) in [7, 11) is 4.30. The van der Waals surface area contributed by atoms with E-state index in [1.807, 2.05) is 25.1 Å². The van der Waals surface area contributed by atoms with Crippen LogP contribution in [0.4, 0.5) is 5.82 Å². The van der Waals surface area contributed by atoms with Gasteiger partial charge in [0.05, 0.1) is 16.6 Å². The van der Waals surface area contributed by atoms with Gasteiger partial charge < -0.3 is 10.2 Å². The van der Waals surface area contributed by atoms with Crippen LogP contribution in [0.15, 0.2) is 30.3 Å². The predicted octanol–water partition coefficient (Wildman–Crippen LogP) is 3.42. The van der Waals surface area contributed by atoms with Gasteiger partial charge in [-0.25, -0.2) is 4.98 Å². The maximum atomic E-state index is 9.57. The number of hydrogen-bond acceptors (Lipinski definition) is 4. The van der Waals surface area contributed by atoms with Crippen molar-refractivity contribution in [2.24, 2.45) is 5.92 Å². The number of rotatable bonds is 5. The Hall–Kier alpha value is -2.58. The van der Waals surface area contributed by atoms with Gasteiger partial charge in [-0.05, 0) is 63.5 Å². The van der Waals surface area contributed by atoms with Crippen LogP contribution in [0.3, 0.4) is 0 Å². The third-order valence-electron chi connectivity index (χ3n) is 5.21. The average Bonchev–Trinajstić information content (AvgIpc) is 3.34. The Kier molecular flexibility index (Phi) is 3.85. The van der Waals surface area contributed by atoms with Crippen molar-refractivity contribution in [3.63, 3.8) is 0 Å². The van der Waals surface area contributed by atoms with E-state index in [2.05, 4.69) is 46.9 Å². The standard InChI is InChI=1S/C20H23N5/c1-13-10-19(22-12-18(24(2)3)14-8-9-14)25-17-7-5-4-6-16(17)23-20(25)15(13)11-21/h4-7,10,14,18,22H,8-9,12H2,1-3H3/t18-/m1/s1. The van der Waals surface area contributed by atoms with Gasteiger partial charge in [0.25, 0.3) is 0 Å². The van der Waals surface area contributed by atoms with E-state index in [4.69, 9.17) is 4.98 Å². The highest BCUT2D eigenvalue weighted by atomic mass is 15.2.